The zero-order chi connectivity index (χ0) is 12.8. The third kappa shape index (κ3) is 1.94. The molecule has 1 heterocycles. The van der Waals surface area contributed by atoms with Crippen molar-refractivity contribution in [3.05, 3.63) is 55.6 Å². The van der Waals surface area contributed by atoms with Crippen LogP contribution in [0.25, 0.3) is 0 Å². The third-order valence-corrected chi connectivity index (χ3v) is 5.85. The average Bonchev–Trinajstić information content (AvgIpc) is 3.13. The van der Waals surface area contributed by atoms with Crippen molar-refractivity contribution in [3.8, 4) is 0 Å². The van der Waals surface area contributed by atoms with Gasteiger partial charge in [0.15, 0.2) is 5.78 Å². The van der Waals surface area contributed by atoms with Gasteiger partial charge >= 0.3 is 0 Å². The molecule has 0 N–H and O–H groups in total. The van der Waals surface area contributed by atoms with Crippen molar-refractivity contribution < 1.29 is 4.79 Å². The number of benzene rings is 1. The number of hydrogen-bond donors (Lipinski definition) is 0. The number of rotatable bonds is 3. The first-order chi connectivity index (χ1) is 8.63. The minimum atomic E-state index is -0.297. The molecule has 0 aliphatic heterocycles. The van der Waals surface area contributed by atoms with Crippen LogP contribution >= 0.6 is 38.9 Å². The summed E-state index contributed by atoms with van der Waals surface area (Å²) >= 11 is 10.8. The zero-order valence-corrected chi connectivity index (χ0v) is 12.6. The largest absolute Gasteiger partial charge is 0.292 e. The summed E-state index contributed by atoms with van der Waals surface area (Å²) in [5.74, 6) is 0.200. The molecule has 0 bridgehead atoms. The number of halogens is 2. The van der Waals surface area contributed by atoms with E-state index < -0.39 is 0 Å². The Morgan fingerprint density at radius 1 is 1.28 bits per heavy atom. The van der Waals surface area contributed by atoms with Gasteiger partial charge < -0.3 is 0 Å². The van der Waals surface area contributed by atoms with Crippen LogP contribution in [0, 0.1) is 0 Å². The van der Waals surface area contributed by atoms with Gasteiger partial charge in [0.05, 0.1) is 19.1 Å². The molecular weight excluding hydrogens is 332 g/mol. The van der Waals surface area contributed by atoms with E-state index in [9.17, 15) is 4.79 Å². The Morgan fingerprint density at radius 3 is 2.44 bits per heavy atom. The highest BCUT2D eigenvalue weighted by Gasteiger charge is 2.51. The molecule has 1 aromatic heterocycles. The monoisotopic (exact) mass is 340 g/mol. The van der Waals surface area contributed by atoms with Gasteiger partial charge in [-0.25, -0.2) is 0 Å². The molecule has 0 amide bonds. The molecule has 1 aliphatic carbocycles. The quantitative estimate of drug-likeness (QED) is 0.712. The maximum Gasteiger partial charge on any atom is 0.183 e. The normalized spacial score (nSPS) is 16.6. The molecule has 1 saturated carbocycles. The fraction of sp³-hybridized carbons (Fsp3) is 0.214. The lowest BCUT2D eigenvalue weighted by atomic mass is 9.90. The van der Waals surface area contributed by atoms with E-state index in [4.69, 9.17) is 11.6 Å². The summed E-state index contributed by atoms with van der Waals surface area (Å²) in [5, 5.41) is 0.618. The van der Waals surface area contributed by atoms with Gasteiger partial charge in [0.2, 0.25) is 0 Å². The van der Waals surface area contributed by atoms with Crippen LogP contribution in [0.3, 0.4) is 0 Å². The molecule has 1 nitrogen and oxygen atoms in total. The van der Waals surface area contributed by atoms with Crippen molar-refractivity contribution in [2.75, 3.05) is 0 Å². The molecule has 0 atom stereocenters. The van der Waals surface area contributed by atoms with Gasteiger partial charge in [-0.1, -0.05) is 41.9 Å². The first-order valence-electron chi connectivity index (χ1n) is 5.69. The summed E-state index contributed by atoms with van der Waals surface area (Å²) in [7, 11) is 0. The number of thiophene rings is 1. The van der Waals surface area contributed by atoms with Crippen molar-refractivity contribution in [1.29, 1.82) is 0 Å². The van der Waals surface area contributed by atoms with Crippen LogP contribution in [0.1, 0.15) is 28.1 Å². The molecule has 0 spiro atoms. The lowest BCUT2D eigenvalue weighted by Gasteiger charge is -2.12. The molecule has 3 rings (SSSR count). The van der Waals surface area contributed by atoms with Crippen LogP contribution in [-0.4, -0.2) is 5.78 Å². The van der Waals surface area contributed by atoms with Gasteiger partial charge in [0.1, 0.15) is 0 Å². The molecule has 1 aromatic carbocycles. The number of ketones is 1. The summed E-state index contributed by atoms with van der Waals surface area (Å²) in [6, 6.07) is 11.8. The number of carbonyl (C=O) groups excluding carboxylic acids is 1. The number of hydrogen-bond acceptors (Lipinski definition) is 2. The summed E-state index contributed by atoms with van der Waals surface area (Å²) in [6.07, 6.45) is 1.87. The fourth-order valence-electron chi connectivity index (χ4n) is 2.22. The van der Waals surface area contributed by atoms with E-state index in [1.54, 1.807) is 6.07 Å². The molecule has 18 heavy (non-hydrogen) atoms. The van der Waals surface area contributed by atoms with E-state index in [2.05, 4.69) is 15.9 Å². The molecule has 2 aromatic rings. The second kappa shape index (κ2) is 4.48. The molecule has 92 valence electrons. The Bertz CT molecular complexity index is 582. The van der Waals surface area contributed by atoms with E-state index in [1.807, 2.05) is 30.3 Å². The first kappa shape index (κ1) is 12.4. The van der Waals surface area contributed by atoms with Crippen molar-refractivity contribution in [2.45, 2.75) is 18.3 Å². The Labute approximate surface area is 123 Å². The summed E-state index contributed by atoms with van der Waals surface area (Å²) in [6.45, 7) is 0. The van der Waals surface area contributed by atoms with Crippen LogP contribution in [0.2, 0.25) is 5.02 Å². The molecule has 1 fully saturated rings. The number of Topliss-reactive ketones (excluding diaryl/α,β-unsaturated/α-hetero) is 1. The van der Waals surface area contributed by atoms with Crippen molar-refractivity contribution in [2.24, 2.45) is 0 Å². The molecule has 0 saturated heterocycles. The molecular formula is C14H10BrClOS. The highest BCUT2D eigenvalue weighted by molar-refractivity contribution is 9.11. The predicted molar refractivity (Wildman–Crippen MR) is 78.7 cm³/mol. The van der Waals surface area contributed by atoms with Gasteiger partial charge in [-0.2, -0.15) is 0 Å². The Kier molecular flexibility index (Phi) is 3.08. The van der Waals surface area contributed by atoms with E-state index in [0.717, 1.165) is 27.1 Å². The third-order valence-electron chi connectivity index (χ3n) is 3.38. The van der Waals surface area contributed by atoms with Crippen molar-refractivity contribution in [1.82, 2.24) is 0 Å². The van der Waals surface area contributed by atoms with Crippen LogP contribution in [0.15, 0.2) is 40.2 Å². The topological polar surface area (TPSA) is 17.1 Å². The van der Waals surface area contributed by atoms with Crippen LogP contribution in [0.5, 0.6) is 0 Å². The molecule has 0 radical (unpaired) electrons. The van der Waals surface area contributed by atoms with Gasteiger partial charge in [-0.05, 0) is 40.4 Å². The molecule has 4 heteroatoms. The minimum Gasteiger partial charge on any atom is -0.292 e. The van der Waals surface area contributed by atoms with Gasteiger partial charge in [0, 0.05) is 0 Å². The Hall–Kier alpha value is -0.640. The molecule has 1 aliphatic rings. The summed E-state index contributed by atoms with van der Waals surface area (Å²) in [4.78, 5) is 13.4. The number of carbonyl (C=O) groups is 1. The molecule has 0 unspecified atom stereocenters. The van der Waals surface area contributed by atoms with Gasteiger partial charge in [-0.3, -0.25) is 4.79 Å². The lowest BCUT2D eigenvalue weighted by Crippen LogP contribution is -2.19. The Balaban J connectivity index is 1.98. The fourth-order valence-corrected chi connectivity index (χ4v) is 3.96. The second-order valence-corrected chi connectivity index (χ2v) is 7.29. The summed E-state index contributed by atoms with van der Waals surface area (Å²) in [5.41, 5.74) is 0.824. The Morgan fingerprint density at radius 2 is 1.94 bits per heavy atom. The minimum absolute atomic E-state index is 0.200. The smallest absolute Gasteiger partial charge is 0.183 e. The SMILES string of the molecule is O=C(c1cc(Cl)c(Br)s1)C1(c2ccccc2)CC1. The maximum atomic E-state index is 12.6. The van der Waals surface area contributed by atoms with E-state index >= 15 is 0 Å². The lowest BCUT2D eigenvalue weighted by molar-refractivity contribution is 0.0950. The maximum absolute atomic E-state index is 12.6. The van der Waals surface area contributed by atoms with Crippen molar-refractivity contribution in [3.63, 3.8) is 0 Å². The van der Waals surface area contributed by atoms with E-state index in [-0.39, 0.29) is 11.2 Å². The standard InChI is InChI=1S/C14H10BrClOS/c15-13-10(16)8-11(18-13)12(17)14(6-7-14)9-4-2-1-3-5-9/h1-5,8H,6-7H2. The van der Waals surface area contributed by atoms with E-state index in [0.29, 0.717) is 5.02 Å². The predicted octanol–water partition coefficient (Wildman–Crippen LogP) is 5.08. The average molecular weight is 342 g/mol. The van der Waals surface area contributed by atoms with E-state index in [1.165, 1.54) is 11.3 Å². The highest BCUT2D eigenvalue weighted by Crippen LogP contribution is 2.51. The van der Waals surface area contributed by atoms with Crippen LogP contribution in [-0.2, 0) is 5.41 Å². The first-order valence-corrected chi connectivity index (χ1v) is 7.67. The van der Waals surface area contributed by atoms with Crippen molar-refractivity contribution >= 4 is 44.7 Å². The summed E-state index contributed by atoms with van der Waals surface area (Å²) < 4.78 is 0.830. The zero-order valence-electron chi connectivity index (χ0n) is 9.45. The van der Waals surface area contributed by atoms with Crippen LogP contribution in [0.4, 0.5) is 0 Å². The van der Waals surface area contributed by atoms with Crippen LogP contribution < -0.4 is 0 Å². The second-order valence-electron chi connectivity index (χ2n) is 4.51. The van der Waals surface area contributed by atoms with Gasteiger partial charge in [0.25, 0.3) is 0 Å². The van der Waals surface area contributed by atoms with Gasteiger partial charge in [-0.15, -0.1) is 11.3 Å². The highest BCUT2D eigenvalue weighted by atomic mass is 79.9.